The van der Waals surface area contributed by atoms with Crippen molar-refractivity contribution in [2.45, 2.75) is 26.3 Å². The molecule has 0 aromatic heterocycles. The molecule has 0 unspecified atom stereocenters. The molecule has 2 rings (SSSR count). The van der Waals surface area contributed by atoms with E-state index in [1.807, 2.05) is 55.5 Å². The molecule has 1 amide bonds. The fourth-order valence-electron chi connectivity index (χ4n) is 2.26. The Hall–Kier alpha value is -1.84. The lowest BCUT2D eigenvalue weighted by Crippen LogP contribution is -2.30. The first-order valence-corrected chi connectivity index (χ1v) is 7.84. The number of carbonyl (C=O) groups is 1. The summed E-state index contributed by atoms with van der Waals surface area (Å²) in [6.45, 7) is 4.32. The Bertz CT molecular complexity index is 642. The zero-order valence-electron chi connectivity index (χ0n) is 12.9. The van der Waals surface area contributed by atoms with Crippen LogP contribution in [0.15, 0.2) is 48.5 Å². The van der Waals surface area contributed by atoms with Gasteiger partial charge in [0.05, 0.1) is 6.54 Å². The van der Waals surface area contributed by atoms with Gasteiger partial charge in [0, 0.05) is 16.8 Å². The van der Waals surface area contributed by atoms with Gasteiger partial charge < -0.3 is 10.6 Å². The number of rotatable bonds is 6. The molecule has 1 atom stereocenters. The molecule has 2 N–H and O–H groups in total. The van der Waals surface area contributed by atoms with Crippen LogP contribution in [0.3, 0.4) is 0 Å². The number of anilines is 1. The van der Waals surface area contributed by atoms with Crippen molar-refractivity contribution in [2.24, 2.45) is 0 Å². The molecule has 2 aromatic carbocycles. The van der Waals surface area contributed by atoms with Crippen LogP contribution in [0.25, 0.3) is 0 Å². The minimum atomic E-state index is -0.0628. The van der Waals surface area contributed by atoms with Crippen LogP contribution in [0, 0.1) is 0 Å². The third kappa shape index (κ3) is 4.58. The number of halogens is 1. The molecule has 0 saturated heterocycles. The molecule has 0 saturated carbocycles. The van der Waals surface area contributed by atoms with Crippen LogP contribution < -0.4 is 10.6 Å². The first-order chi connectivity index (χ1) is 10.6. The summed E-state index contributed by atoms with van der Waals surface area (Å²) in [5.74, 6) is -0.0628. The lowest BCUT2D eigenvalue weighted by atomic mass is 10.1. The van der Waals surface area contributed by atoms with Crippen LogP contribution in [0.1, 0.15) is 31.0 Å². The maximum absolute atomic E-state index is 12.0. The molecule has 0 aliphatic rings. The van der Waals surface area contributed by atoms with E-state index < -0.39 is 0 Å². The Labute approximate surface area is 136 Å². The highest BCUT2D eigenvalue weighted by atomic mass is 35.5. The van der Waals surface area contributed by atoms with Crippen LogP contribution in [-0.4, -0.2) is 12.5 Å². The lowest BCUT2D eigenvalue weighted by molar-refractivity contribution is -0.115. The van der Waals surface area contributed by atoms with Gasteiger partial charge in [-0.15, -0.1) is 0 Å². The highest BCUT2D eigenvalue weighted by Gasteiger charge is 2.10. The van der Waals surface area contributed by atoms with E-state index in [0.29, 0.717) is 5.02 Å². The molecule has 4 heteroatoms. The van der Waals surface area contributed by atoms with Gasteiger partial charge in [0.2, 0.25) is 5.91 Å². The van der Waals surface area contributed by atoms with Gasteiger partial charge in [-0.25, -0.2) is 0 Å². The minimum Gasteiger partial charge on any atom is -0.325 e. The normalized spacial score (nSPS) is 12.0. The van der Waals surface area contributed by atoms with Crippen LogP contribution in [0.5, 0.6) is 0 Å². The van der Waals surface area contributed by atoms with E-state index in [4.69, 9.17) is 11.6 Å². The quantitative estimate of drug-likeness (QED) is 0.839. The van der Waals surface area contributed by atoms with Gasteiger partial charge in [-0.05, 0) is 42.7 Å². The standard InChI is InChI=1S/C18H21ClN2O/c1-3-14-7-6-8-15(11-14)21-18(22)12-20-13(2)16-9-4-5-10-17(16)19/h4-11,13,20H,3,12H2,1-2H3,(H,21,22)/t13-/m1/s1. The molecule has 2 aromatic rings. The van der Waals surface area contributed by atoms with Crippen LogP contribution >= 0.6 is 11.6 Å². The van der Waals surface area contributed by atoms with Crippen molar-refractivity contribution in [1.29, 1.82) is 0 Å². The van der Waals surface area contributed by atoms with Crippen molar-refractivity contribution in [2.75, 3.05) is 11.9 Å². The molecule has 0 bridgehead atoms. The number of aryl methyl sites for hydroxylation is 1. The zero-order valence-corrected chi connectivity index (χ0v) is 13.7. The zero-order chi connectivity index (χ0) is 15.9. The second-order valence-corrected chi connectivity index (χ2v) is 5.63. The molecule has 0 heterocycles. The van der Waals surface area contributed by atoms with Crippen molar-refractivity contribution in [1.82, 2.24) is 5.32 Å². The van der Waals surface area contributed by atoms with E-state index in [9.17, 15) is 4.79 Å². The third-order valence-corrected chi connectivity index (χ3v) is 3.90. The van der Waals surface area contributed by atoms with E-state index in [-0.39, 0.29) is 18.5 Å². The molecular weight excluding hydrogens is 296 g/mol. The maximum Gasteiger partial charge on any atom is 0.238 e. The monoisotopic (exact) mass is 316 g/mol. The fourth-order valence-corrected chi connectivity index (χ4v) is 2.56. The Morgan fingerprint density at radius 3 is 2.68 bits per heavy atom. The average Bonchev–Trinajstić information content (AvgIpc) is 2.53. The Balaban J connectivity index is 1.88. The summed E-state index contributed by atoms with van der Waals surface area (Å²) in [6.07, 6.45) is 0.950. The molecular formula is C18H21ClN2O. The number of amides is 1. The highest BCUT2D eigenvalue weighted by Crippen LogP contribution is 2.21. The summed E-state index contributed by atoms with van der Waals surface area (Å²) < 4.78 is 0. The van der Waals surface area contributed by atoms with Crippen molar-refractivity contribution in [3.63, 3.8) is 0 Å². The van der Waals surface area contributed by atoms with E-state index in [0.717, 1.165) is 17.7 Å². The molecule has 0 aliphatic carbocycles. The van der Waals surface area contributed by atoms with Gasteiger partial charge in [-0.1, -0.05) is 48.9 Å². The van der Waals surface area contributed by atoms with Gasteiger partial charge in [-0.3, -0.25) is 4.79 Å². The SMILES string of the molecule is CCc1cccc(NC(=O)CN[C@H](C)c2ccccc2Cl)c1. The molecule has 0 aliphatic heterocycles. The van der Waals surface area contributed by atoms with Crippen molar-refractivity contribution in [3.8, 4) is 0 Å². The van der Waals surface area contributed by atoms with Crippen molar-refractivity contribution in [3.05, 3.63) is 64.7 Å². The van der Waals surface area contributed by atoms with E-state index >= 15 is 0 Å². The third-order valence-electron chi connectivity index (χ3n) is 3.56. The molecule has 0 spiro atoms. The maximum atomic E-state index is 12.0. The van der Waals surface area contributed by atoms with E-state index in [1.165, 1.54) is 5.56 Å². The summed E-state index contributed by atoms with van der Waals surface area (Å²) >= 11 is 6.16. The van der Waals surface area contributed by atoms with E-state index in [2.05, 4.69) is 17.6 Å². The Morgan fingerprint density at radius 2 is 1.95 bits per heavy atom. The number of hydrogen-bond donors (Lipinski definition) is 2. The second kappa shape index (κ2) is 7.97. The summed E-state index contributed by atoms with van der Waals surface area (Å²) in [7, 11) is 0. The van der Waals surface area contributed by atoms with Crippen LogP contribution in [-0.2, 0) is 11.2 Å². The average molecular weight is 317 g/mol. The number of nitrogens with one attached hydrogen (secondary N) is 2. The minimum absolute atomic E-state index is 0.0152. The largest absolute Gasteiger partial charge is 0.325 e. The predicted molar refractivity (Wildman–Crippen MR) is 92.3 cm³/mol. The first kappa shape index (κ1) is 16.5. The lowest BCUT2D eigenvalue weighted by Gasteiger charge is -2.15. The first-order valence-electron chi connectivity index (χ1n) is 7.46. The number of benzene rings is 2. The summed E-state index contributed by atoms with van der Waals surface area (Å²) in [4.78, 5) is 12.0. The van der Waals surface area contributed by atoms with Crippen molar-refractivity contribution >= 4 is 23.2 Å². The van der Waals surface area contributed by atoms with Gasteiger partial charge in [0.15, 0.2) is 0 Å². The van der Waals surface area contributed by atoms with Crippen molar-refractivity contribution < 1.29 is 4.79 Å². The highest BCUT2D eigenvalue weighted by molar-refractivity contribution is 6.31. The van der Waals surface area contributed by atoms with Crippen LogP contribution in [0.4, 0.5) is 5.69 Å². The molecule has 116 valence electrons. The van der Waals surface area contributed by atoms with Gasteiger partial charge in [0.25, 0.3) is 0 Å². The Kier molecular flexibility index (Phi) is 5.99. The molecule has 0 fully saturated rings. The number of carbonyl (C=O) groups excluding carboxylic acids is 1. The van der Waals surface area contributed by atoms with Gasteiger partial charge in [-0.2, -0.15) is 0 Å². The Morgan fingerprint density at radius 1 is 1.18 bits per heavy atom. The number of hydrogen-bond acceptors (Lipinski definition) is 2. The molecule has 3 nitrogen and oxygen atoms in total. The summed E-state index contributed by atoms with van der Waals surface area (Å²) in [5.41, 5.74) is 3.02. The smallest absolute Gasteiger partial charge is 0.238 e. The fraction of sp³-hybridized carbons (Fsp3) is 0.278. The molecule has 0 radical (unpaired) electrons. The second-order valence-electron chi connectivity index (χ2n) is 5.23. The topological polar surface area (TPSA) is 41.1 Å². The van der Waals surface area contributed by atoms with Gasteiger partial charge >= 0.3 is 0 Å². The predicted octanol–water partition coefficient (Wildman–Crippen LogP) is 4.19. The summed E-state index contributed by atoms with van der Waals surface area (Å²) in [5, 5.41) is 6.80. The van der Waals surface area contributed by atoms with E-state index in [1.54, 1.807) is 0 Å². The van der Waals surface area contributed by atoms with Crippen LogP contribution in [0.2, 0.25) is 5.02 Å². The molecule has 22 heavy (non-hydrogen) atoms. The van der Waals surface area contributed by atoms with Gasteiger partial charge in [0.1, 0.15) is 0 Å². The summed E-state index contributed by atoms with van der Waals surface area (Å²) in [6, 6.07) is 15.6.